The monoisotopic (exact) mass is 264 g/mol. The molecule has 104 valence electrons. The first-order valence-corrected chi connectivity index (χ1v) is 6.36. The van der Waals surface area contributed by atoms with E-state index in [0.29, 0.717) is 13.0 Å². The molecule has 1 rings (SSSR count). The first kappa shape index (κ1) is 15.0. The summed E-state index contributed by atoms with van der Waals surface area (Å²) in [6.07, 6.45) is 0.358. The highest BCUT2D eigenvalue weighted by atomic mass is 16.4. The number of urea groups is 1. The number of benzene rings is 1. The molecule has 0 aliphatic rings. The highest BCUT2D eigenvalue weighted by Gasteiger charge is 2.17. The lowest BCUT2D eigenvalue weighted by Gasteiger charge is -2.16. The zero-order valence-corrected chi connectivity index (χ0v) is 11.2. The van der Waals surface area contributed by atoms with Crippen molar-refractivity contribution in [3.8, 4) is 0 Å². The summed E-state index contributed by atoms with van der Waals surface area (Å²) in [4.78, 5) is 22.4. The van der Waals surface area contributed by atoms with Crippen LogP contribution in [0.15, 0.2) is 30.3 Å². The van der Waals surface area contributed by atoms with Crippen molar-refractivity contribution in [2.75, 3.05) is 6.54 Å². The lowest BCUT2D eigenvalue weighted by molar-refractivity contribution is -0.139. The summed E-state index contributed by atoms with van der Waals surface area (Å²) in [7, 11) is 0. The highest BCUT2D eigenvalue weighted by molar-refractivity contribution is 5.82. The lowest BCUT2D eigenvalue weighted by atomic mass is 10.0. The van der Waals surface area contributed by atoms with E-state index in [4.69, 9.17) is 5.11 Å². The van der Waals surface area contributed by atoms with Gasteiger partial charge in [-0.15, -0.1) is 0 Å². The number of amides is 2. The fourth-order valence-electron chi connectivity index (χ4n) is 1.69. The Bertz CT molecular complexity index is 420. The Morgan fingerprint density at radius 2 is 1.89 bits per heavy atom. The second kappa shape index (κ2) is 7.41. The Balaban J connectivity index is 2.40. The van der Waals surface area contributed by atoms with Crippen LogP contribution in [0, 0.1) is 0 Å². The average Bonchev–Trinajstić information content (AvgIpc) is 2.42. The van der Waals surface area contributed by atoms with E-state index in [1.807, 2.05) is 37.3 Å². The lowest BCUT2D eigenvalue weighted by Crippen LogP contribution is -2.46. The molecule has 0 aliphatic heterocycles. The van der Waals surface area contributed by atoms with E-state index in [1.54, 1.807) is 6.92 Å². The van der Waals surface area contributed by atoms with Crippen LogP contribution in [0.4, 0.5) is 4.79 Å². The van der Waals surface area contributed by atoms with Gasteiger partial charge in [0, 0.05) is 6.54 Å². The predicted octanol–water partition coefficient (Wildman–Crippen LogP) is 1.95. The first-order chi connectivity index (χ1) is 9.04. The minimum Gasteiger partial charge on any atom is -0.480 e. The number of rotatable bonds is 6. The number of carbonyl (C=O) groups is 2. The minimum absolute atomic E-state index is 0.178. The van der Waals surface area contributed by atoms with Crippen LogP contribution in [0.1, 0.15) is 31.7 Å². The third-order valence-corrected chi connectivity index (χ3v) is 2.95. The molecule has 1 aromatic rings. The molecule has 0 aromatic heterocycles. The number of carbonyl (C=O) groups excluding carboxylic acids is 1. The SMILES string of the molecule is CCC(NC(=O)NCC(C)c1ccccc1)C(=O)O. The highest BCUT2D eigenvalue weighted by Crippen LogP contribution is 2.12. The molecule has 0 saturated heterocycles. The number of carboxylic acids is 1. The summed E-state index contributed by atoms with van der Waals surface area (Å²) in [5.41, 5.74) is 1.13. The van der Waals surface area contributed by atoms with Crippen molar-refractivity contribution in [1.82, 2.24) is 10.6 Å². The standard InChI is InChI=1S/C14H20N2O3/c1-3-12(13(17)18)16-14(19)15-9-10(2)11-7-5-4-6-8-11/h4-8,10,12H,3,9H2,1-2H3,(H,17,18)(H2,15,16,19). The van der Waals surface area contributed by atoms with Gasteiger partial charge in [-0.05, 0) is 17.9 Å². The van der Waals surface area contributed by atoms with Gasteiger partial charge in [0.25, 0.3) is 0 Å². The van der Waals surface area contributed by atoms with Crippen molar-refractivity contribution in [2.45, 2.75) is 32.2 Å². The Morgan fingerprint density at radius 3 is 2.42 bits per heavy atom. The van der Waals surface area contributed by atoms with E-state index in [9.17, 15) is 9.59 Å². The second-order valence-electron chi connectivity index (χ2n) is 4.47. The van der Waals surface area contributed by atoms with Crippen molar-refractivity contribution in [3.63, 3.8) is 0 Å². The normalized spacial score (nSPS) is 13.4. The molecule has 0 fully saturated rings. The summed E-state index contributed by atoms with van der Waals surface area (Å²) in [5.74, 6) is -0.842. The molecule has 0 radical (unpaired) electrons. The van der Waals surface area contributed by atoms with E-state index in [2.05, 4.69) is 10.6 Å². The number of aliphatic carboxylic acids is 1. The van der Waals surface area contributed by atoms with Crippen LogP contribution in [-0.2, 0) is 4.79 Å². The van der Waals surface area contributed by atoms with E-state index in [-0.39, 0.29) is 5.92 Å². The largest absolute Gasteiger partial charge is 0.480 e. The maximum absolute atomic E-state index is 11.6. The number of hydrogen-bond acceptors (Lipinski definition) is 2. The number of hydrogen-bond donors (Lipinski definition) is 3. The second-order valence-corrected chi connectivity index (χ2v) is 4.47. The summed E-state index contributed by atoms with van der Waals surface area (Å²) < 4.78 is 0. The molecule has 5 nitrogen and oxygen atoms in total. The summed E-state index contributed by atoms with van der Waals surface area (Å²) in [6, 6.07) is 8.54. The molecule has 0 spiro atoms. The van der Waals surface area contributed by atoms with Gasteiger partial charge < -0.3 is 15.7 Å². The molecule has 3 N–H and O–H groups in total. The van der Waals surface area contributed by atoms with Gasteiger partial charge >= 0.3 is 12.0 Å². The molecule has 0 saturated carbocycles. The molecular weight excluding hydrogens is 244 g/mol. The quantitative estimate of drug-likeness (QED) is 0.735. The van der Waals surface area contributed by atoms with Crippen molar-refractivity contribution in [2.24, 2.45) is 0 Å². The summed E-state index contributed by atoms with van der Waals surface area (Å²) >= 11 is 0. The molecule has 2 unspecified atom stereocenters. The van der Waals surface area contributed by atoms with Gasteiger partial charge in [-0.2, -0.15) is 0 Å². The van der Waals surface area contributed by atoms with Crippen LogP contribution in [0.2, 0.25) is 0 Å². The molecule has 19 heavy (non-hydrogen) atoms. The van der Waals surface area contributed by atoms with Crippen molar-refractivity contribution in [3.05, 3.63) is 35.9 Å². The van der Waals surface area contributed by atoms with Gasteiger partial charge in [-0.25, -0.2) is 9.59 Å². The zero-order valence-electron chi connectivity index (χ0n) is 11.2. The maximum atomic E-state index is 11.6. The molecule has 1 aromatic carbocycles. The van der Waals surface area contributed by atoms with Crippen molar-refractivity contribution < 1.29 is 14.7 Å². The molecule has 0 bridgehead atoms. The Labute approximate surface area is 113 Å². The van der Waals surface area contributed by atoms with E-state index in [1.165, 1.54) is 0 Å². The minimum atomic E-state index is -1.02. The van der Waals surface area contributed by atoms with E-state index < -0.39 is 18.0 Å². The number of carboxylic acid groups (broad SMARTS) is 1. The summed E-state index contributed by atoms with van der Waals surface area (Å²) in [5, 5.41) is 13.9. The van der Waals surface area contributed by atoms with Gasteiger partial charge in [0.2, 0.25) is 0 Å². The third-order valence-electron chi connectivity index (χ3n) is 2.95. The van der Waals surface area contributed by atoms with Crippen LogP contribution in [0.5, 0.6) is 0 Å². The first-order valence-electron chi connectivity index (χ1n) is 6.36. The van der Waals surface area contributed by atoms with Gasteiger partial charge in [0.1, 0.15) is 6.04 Å². The van der Waals surface area contributed by atoms with Crippen molar-refractivity contribution in [1.29, 1.82) is 0 Å². The van der Waals surface area contributed by atoms with E-state index in [0.717, 1.165) is 5.56 Å². The van der Waals surface area contributed by atoms with E-state index >= 15 is 0 Å². The Morgan fingerprint density at radius 1 is 1.26 bits per heavy atom. The Hall–Kier alpha value is -2.04. The van der Waals surface area contributed by atoms with Crippen LogP contribution in [0.3, 0.4) is 0 Å². The topological polar surface area (TPSA) is 78.4 Å². The van der Waals surface area contributed by atoms with Crippen molar-refractivity contribution >= 4 is 12.0 Å². The molecule has 5 heteroatoms. The van der Waals surface area contributed by atoms with Crippen LogP contribution in [0.25, 0.3) is 0 Å². The molecule has 2 amide bonds. The Kier molecular flexibility index (Phi) is 5.85. The van der Waals surface area contributed by atoms with Gasteiger partial charge in [0.15, 0.2) is 0 Å². The fourth-order valence-corrected chi connectivity index (χ4v) is 1.69. The van der Waals surface area contributed by atoms with Gasteiger partial charge in [0.05, 0.1) is 0 Å². The van der Waals surface area contributed by atoms with Gasteiger partial charge in [-0.3, -0.25) is 0 Å². The molecule has 0 aliphatic carbocycles. The summed E-state index contributed by atoms with van der Waals surface area (Å²) in [6.45, 7) is 4.18. The van der Waals surface area contributed by atoms with Gasteiger partial charge in [-0.1, -0.05) is 44.2 Å². The van der Waals surface area contributed by atoms with Crippen LogP contribution < -0.4 is 10.6 Å². The smallest absolute Gasteiger partial charge is 0.326 e. The molecular formula is C14H20N2O3. The van der Waals surface area contributed by atoms with Crippen LogP contribution in [-0.4, -0.2) is 29.7 Å². The third kappa shape index (κ3) is 4.99. The molecule has 0 heterocycles. The molecule has 2 atom stereocenters. The maximum Gasteiger partial charge on any atom is 0.326 e. The average molecular weight is 264 g/mol. The number of nitrogens with one attached hydrogen (secondary N) is 2. The predicted molar refractivity (Wildman–Crippen MR) is 73.1 cm³/mol. The fraction of sp³-hybridized carbons (Fsp3) is 0.429. The van der Waals surface area contributed by atoms with Crippen LogP contribution >= 0.6 is 0 Å². The zero-order chi connectivity index (χ0) is 14.3.